The van der Waals surface area contributed by atoms with E-state index in [2.05, 4.69) is 26.1 Å². The van der Waals surface area contributed by atoms with Crippen LogP contribution in [-0.4, -0.2) is 41.0 Å². The van der Waals surface area contributed by atoms with Gasteiger partial charge >= 0.3 is 0 Å². The number of carbonyl (C=O) groups excluding carboxylic acids is 3. The van der Waals surface area contributed by atoms with Crippen molar-refractivity contribution in [1.82, 2.24) is 20.8 Å². The van der Waals surface area contributed by atoms with Crippen LogP contribution in [-0.2, 0) is 0 Å². The summed E-state index contributed by atoms with van der Waals surface area (Å²) in [6, 6.07) is 17.1. The molecule has 48 heavy (non-hydrogen) atoms. The van der Waals surface area contributed by atoms with Gasteiger partial charge in [0.2, 0.25) is 0 Å². The number of rotatable bonds is 8. The van der Waals surface area contributed by atoms with E-state index in [4.69, 9.17) is 28.9 Å². The molecule has 6 rings (SSSR count). The number of carbonyl (C=O) groups is 3. The Labute approximate surface area is 291 Å². The van der Waals surface area contributed by atoms with Crippen LogP contribution in [0, 0.1) is 11.8 Å². The van der Waals surface area contributed by atoms with Crippen molar-refractivity contribution >= 4 is 63.2 Å². The largest absolute Gasteiger partial charge is 0.398 e. The summed E-state index contributed by atoms with van der Waals surface area (Å²) in [5.74, 6) is 0.402. The third kappa shape index (κ3) is 9.67. The summed E-state index contributed by atoms with van der Waals surface area (Å²) in [5.41, 5.74) is 8.50. The van der Waals surface area contributed by atoms with E-state index in [1.807, 2.05) is 18.2 Å². The van der Waals surface area contributed by atoms with Crippen molar-refractivity contribution in [2.24, 2.45) is 11.8 Å². The molecule has 0 unspecified atom stereocenters. The molecule has 0 spiro atoms. The molecular formula is C37H42Cl2N6O3. The number of nitrogen functional groups attached to an aromatic ring is 1. The highest BCUT2D eigenvalue weighted by atomic mass is 35.5. The van der Waals surface area contributed by atoms with Crippen LogP contribution in [0.15, 0.2) is 66.9 Å². The molecule has 0 bridgehead atoms. The lowest BCUT2D eigenvalue weighted by atomic mass is 9.89. The van der Waals surface area contributed by atoms with E-state index in [-0.39, 0.29) is 17.7 Å². The molecule has 2 saturated carbocycles. The molecule has 1 heterocycles. The Bertz CT molecular complexity index is 1730. The number of benzene rings is 3. The first-order valence-corrected chi connectivity index (χ1v) is 17.5. The van der Waals surface area contributed by atoms with Gasteiger partial charge in [0.1, 0.15) is 0 Å². The molecule has 9 nitrogen and oxygen atoms in total. The predicted molar refractivity (Wildman–Crippen MR) is 193 cm³/mol. The third-order valence-corrected chi connectivity index (χ3v) is 9.55. The summed E-state index contributed by atoms with van der Waals surface area (Å²) < 4.78 is 0. The van der Waals surface area contributed by atoms with Crippen molar-refractivity contribution in [2.75, 3.05) is 24.1 Å². The minimum absolute atomic E-state index is 0.124. The summed E-state index contributed by atoms with van der Waals surface area (Å²) in [6.07, 6.45) is 13.7. The molecule has 3 aromatic carbocycles. The van der Waals surface area contributed by atoms with Crippen LogP contribution in [0.25, 0.3) is 10.9 Å². The van der Waals surface area contributed by atoms with Gasteiger partial charge in [0.05, 0.1) is 34.1 Å². The summed E-state index contributed by atoms with van der Waals surface area (Å²) in [6.45, 7) is 1.38. The SMILES string of the molecule is Nc1ccc(Cl)cc1C(=O)NCC1CCCCC1.O=C(NCC1CCCCC1)c1cc(Cl)ccc1NC(=O)c1cnnc2ccccc12. The lowest BCUT2D eigenvalue weighted by Gasteiger charge is -2.22. The summed E-state index contributed by atoms with van der Waals surface area (Å²) in [7, 11) is 0. The van der Waals surface area contributed by atoms with E-state index >= 15 is 0 Å². The quantitative estimate of drug-likeness (QED) is 0.138. The Kier molecular flexibility index (Phi) is 12.6. The first kappa shape index (κ1) is 35.1. The molecule has 2 aliphatic rings. The fraction of sp³-hybridized carbons (Fsp3) is 0.378. The molecule has 3 amide bonds. The third-order valence-electron chi connectivity index (χ3n) is 9.08. The standard InChI is InChI=1S/C23H23ClN4O2.C14H19ClN2O/c24-16-10-11-20(18(12-16)22(29)25-13-15-6-2-1-3-7-15)27-23(30)19-14-26-28-21-9-5-4-8-17(19)21;15-11-6-7-13(16)12(8-11)14(18)17-9-10-4-2-1-3-5-10/h4-5,8-12,14-15H,1-3,6-7,13H2,(H,25,29)(H,27,30);6-8,10H,1-5,9,16H2,(H,17,18). The van der Waals surface area contributed by atoms with Gasteiger partial charge in [-0.2, -0.15) is 10.2 Å². The highest BCUT2D eigenvalue weighted by Gasteiger charge is 2.20. The molecule has 5 N–H and O–H groups in total. The molecule has 2 aliphatic carbocycles. The smallest absolute Gasteiger partial charge is 0.258 e. The van der Waals surface area contributed by atoms with Crippen LogP contribution in [0.1, 0.15) is 95.3 Å². The van der Waals surface area contributed by atoms with Gasteiger partial charge in [0, 0.05) is 34.2 Å². The molecule has 0 aliphatic heterocycles. The first-order chi connectivity index (χ1) is 23.3. The van der Waals surface area contributed by atoms with Gasteiger partial charge in [-0.05, 0) is 80.0 Å². The Hall–Kier alpha value is -4.21. The maximum Gasteiger partial charge on any atom is 0.258 e. The fourth-order valence-corrected chi connectivity index (χ4v) is 6.71. The van der Waals surface area contributed by atoms with Crippen molar-refractivity contribution in [3.63, 3.8) is 0 Å². The number of amides is 3. The Balaban J connectivity index is 0.000000214. The number of nitrogens with zero attached hydrogens (tertiary/aromatic N) is 2. The molecule has 4 aromatic rings. The van der Waals surface area contributed by atoms with Crippen molar-refractivity contribution in [3.05, 3.63) is 93.6 Å². The Morgan fingerprint density at radius 1 is 0.688 bits per heavy atom. The zero-order valence-corrected chi connectivity index (χ0v) is 28.5. The number of nitrogens with one attached hydrogen (secondary N) is 3. The molecular weight excluding hydrogens is 647 g/mol. The van der Waals surface area contributed by atoms with E-state index in [9.17, 15) is 14.4 Å². The molecule has 0 atom stereocenters. The van der Waals surface area contributed by atoms with Crippen LogP contribution in [0.2, 0.25) is 10.0 Å². The molecule has 0 radical (unpaired) electrons. The Morgan fingerprint density at radius 2 is 1.25 bits per heavy atom. The minimum atomic E-state index is -0.357. The zero-order valence-electron chi connectivity index (χ0n) is 26.9. The van der Waals surface area contributed by atoms with E-state index < -0.39 is 0 Å². The maximum atomic E-state index is 12.9. The van der Waals surface area contributed by atoms with Gasteiger partial charge in [-0.1, -0.05) is 79.9 Å². The maximum absolute atomic E-state index is 12.9. The number of hydrogen-bond donors (Lipinski definition) is 4. The lowest BCUT2D eigenvalue weighted by molar-refractivity contribution is 0.0936. The predicted octanol–water partition coefficient (Wildman–Crippen LogP) is 8.08. The van der Waals surface area contributed by atoms with Gasteiger partial charge in [-0.25, -0.2) is 0 Å². The number of halogens is 2. The number of nitrogens with two attached hydrogens (primary N) is 1. The molecule has 1 aromatic heterocycles. The average Bonchev–Trinajstić information content (AvgIpc) is 3.12. The summed E-state index contributed by atoms with van der Waals surface area (Å²) >= 11 is 12.0. The fourth-order valence-electron chi connectivity index (χ4n) is 6.36. The summed E-state index contributed by atoms with van der Waals surface area (Å²) in [5, 5.41) is 18.4. The van der Waals surface area contributed by atoms with E-state index in [1.165, 1.54) is 57.6 Å². The highest BCUT2D eigenvalue weighted by Crippen LogP contribution is 2.26. The van der Waals surface area contributed by atoms with Crippen molar-refractivity contribution < 1.29 is 14.4 Å². The zero-order chi connectivity index (χ0) is 33.9. The number of anilines is 2. The van der Waals surface area contributed by atoms with E-state index in [1.54, 1.807) is 42.5 Å². The van der Waals surface area contributed by atoms with Crippen LogP contribution in [0.3, 0.4) is 0 Å². The number of hydrogen-bond acceptors (Lipinski definition) is 6. The molecule has 252 valence electrons. The van der Waals surface area contributed by atoms with E-state index in [0.29, 0.717) is 67.4 Å². The summed E-state index contributed by atoms with van der Waals surface area (Å²) in [4.78, 5) is 37.8. The van der Waals surface area contributed by atoms with Gasteiger partial charge in [-0.3, -0.25) is 14.4 Å². The lowest BCUT2D eigenvalue weighted by Crippen LogP contribution is -2.31. The van der Waals surface area contributed by atoms with Gasteiger partial charge in [-0.15, -0.1) is 0 Å². The monoisotopic (exact) mass is 688 g/mol. The second-order valence-corrected chi connectivity index (χ2v) is 13.5. The first-order valence-electron chi connectivity index (χ1n) is 16.7. The second kappa shape index (κ2) is 17.3. The highest BCUT2D eigenvalue weighted by molar-refractivity contribution is 6.31. The van der Waals surface area contributed by atoms with Crippen LogP contribution in [0.5, 0.6) is 0 Å². The van der Waals surface area contributed by atoms with E-state index in [0.717, 1.165) is 19.4 Å². The molecule has 2 fully saturated rings. The van der Waals surface area contributed by atoms with Crippen molar-refractivity contribution in [1.29, 1.82) is 0 Å². The molecule has 0 saturated heterocycles. The minimum Gasteiger partial charge on any atom is -0.398 e. The topological polar surface area (TPSA) is 139 Å². The van der Waals surface area contributed by atoms with Crippen LogP contribution >= 0.6 is 23.2 Å². The molecule has 11 heteroatoms. The number of aromatic nitrogens is 2. The van der Waals surface area contributed by atoms with Crippen molar-refractivity contribution in [3.8, 4) is 0 Å². The van der Waals surface area contributed by atoms with Crippen LogP contribution < -0.4 is 21.7 Å². The second-order valence-electron chi connectivity index (χ2n) is 12.6. The van der Waals surface area contributed by atoms with Gasteiger partial charge in [0.25, 0.3) is 17.7 Å². The van der Waals surface area contributed by atoms with Crippen molar-refractivity contribution in [2.45, 2.75) is 64.2 Å². The van der Waals surface area contributed by atoms with Crippen LogP contribution in [0.4, 0.5) is 11.4 Å². The average molecular weight is 690 g/mol. The Morgan fingerprint density at radius 3 is 1.90 bits per heavy atom. The normalized spacial score (nSPS) is 15.2. The number of fused-ring (bicyclic) bond motifs is 1. The van der Waals surface area contributed by atoms with Gasteiger partial charge < -0.3 is 21.7 Å². The van der Waals surface area contributed by atoms with Gasteiger partial charge in [0.15, 0.2) is 0 Å².